The third kappa shape index (κ3) is 5.57. The molecule has 1 unspecified atom stereocenters. The normalized spacial score (nSPS) is 12.2. The maximum atomic E-state index is 12.2. The Morgan fingerprint density at radius 2 is 1.80 bits per heavy atom. The van der Waals surface area contributed by atoms with Crippen LogP contribution in [-0.2, 0) is 4.79 Å². The third-order valence-electron chi connectivity index (χ3n) is 4.24. The summed E-state index contributed by atoms with van der Waals surface area (Å²) in [5.41, 5.74) is 0.583. The van der Waals surface area contributed by atoms with Crippen LogP contribution in [0, 0.1) is 5.92 Å². The van der Waals surface area contributed by atoms with Crippen molar-refractivity contribution in [1.82, 2.24) is 10.6 Å². The zero-order valence-electron chi connectivity index (χ0n) is 14.8. The first kappa shape index (κ1) is 18.9. The first-order chi connectivity index (χ1) is 12.0. The van der Waals surface area contributed by atoms with E-state index in [4.69, 9.17) is 5.11 Å². The maximum Gasteiger partial charge on any atom is 0.251 e. The molecule has 0 radical (unpaired) electrons. The molecule has 0 saturated heterocycles. The van der Waals surface area contributed by atoms with Crippen LogP contribution >= 0.6 is 0 Å². The molecule has 2 aromatic rings. The second-order valence-electron chi connectivity index (χ2n) is 6.50. The first-order valence-electron chi connectivity index (χ1n) is 8.68. The van der Waals surface area contributed by atoms with Gasteiger partial charge in [-0.1, -0.05) is 44.2 Å². The van der Waals surface area contributed by atoms with Gasteiger partial charge in [-0.05, 0) is 35.2 Å². The zero-order chi connectivity index (χ0) is 18.2. The van der Waals surface area contributed by atoms with Gasteiger partial charge in [0.05, 0.1) is 0 Å². The summed E-state index contributed by atoms with van der Waals surface area (Å²) < 4.78 is 0. The molecule has 1 atom stereocenters. The number of hydrogen-bond donors (Lipinski definition) is 3. The lowest BCUT2D eigenvalue weighted by molar-refractivity contribution is -0.122. The lowest BCUT2D eigenvalue weighted by Gasteiger charge is -2.21. The number of aliphatic hydroxyl groups excluding tert-OH is 1. The summed E-state index contributed by atoms with van der Waals surface area (Å²) in [5, 5.41) is 16.8. The number of rotatable bonds is 8. The van der Waals surface area contributed by atoms with Crippen molar-refractivity contribution >= 4 is 22.6 Å². The van der Waals surface area contributed by atoms with Crippen LogP contribution in [0.2, 0.25) is 0 Å². The predicted octanol–water partition coefficient (Wildman–Crippen LogP) is 2.48. The van der Waals surface area contributed by atoms with Gasteiger partial charge < -0.3 is 15.7 Å². The summed E-state index contributed by atoms with van der Waals surface area (Å²) >= 11 is 0. The SMILES string of the molecule is CC(C)C(CCO)NC(=O)CCNC(=O)c1ccc2ccccc2c1. The van der Waals surface area contributed by atoms with Gasteiger partial charge in [0.1, 0.15) is 0 Å². The minimum atomic E-state index is -0.186. The van der Waals surface area contributed by atoms with Crippen LogP contribution in [0.15, 0.2) is 42.5 Å². The Balaban J connectivity index is 1.83. The highest BCUT2D eigenvalue weighted by molar-refractivity contribution is 5.98. The average Bonchev–Trinajstić information content (AvgIpc) is 2.60. The summed E-state index contributed by atoms with van der Waals surface area (Å²) in [6, 6.07) is 13.4. The molecule has 134 valence electrons. The molecule has 2 aromatic carbocycles. The van der Waals surface area contributed by atoms with E-state index in [-0.39, 0.29) is 43.3 Å². The Morgan fingerprint density at radius 3 is 2.48 bits per heavy atom. The van der Waals surface area contributed by atoms with E-state index in [2.05, 4.69) is 10.6 Å². The highest BCUT2D eigenvalue weighted by Crippen LogP contribution is 2.15. The first-order valence-corrected chi connectivity index (χ1v) is 8.68. The van der Waals surface area contributed by atoms with E-state index in [0.29, 0.717) is 12.0 Å². The average molecular weight is 342 g/mol. The van der Waals surface area contributed by atoms with Crippen LogP contribution in [0.3, 0.4) is 0 Å². The van der Waals surface area contributed by atoms with E-state index < -0.39 is 0 Å². The molecule has 2 amide bonds. The minimum absolute atomic E-state index is 0.0435. The van der Waals surface area contributed by atoms with Gasteiger partial charge in [-0.25, -0.2) is 0 Å². The number of carbonyl (C=O) groups is 2. The molecule has 0 saturated carbocycles. The fourth-order valence-electron chi connectivity index (χ4n) is 2.71. The number of aliphatic hydroxyl groups is 1. The van der Waals surface area contributed by atoms with Crippen molar-refractivity contribution in [2.45, 2.75) is 32.7 Å². The molecule has 0 aliphatic heterocycles. The molecule has 0 aliphatic carbocycles. The van der Waals surface area contributed by atoms with Crippen molar-refractivity contribution in [3.63, 3.8) is 0 Å². The van der Waals surface area contributed by atoms with E-state index in [0.717, 1.165) is 10.8 Å². The fraction of sp³-hybridized carbons (Fsp3) is 0.400. The molecule has 0 aromatic heterocycles. The molecule has 0 fully saturated rings. The van der Waals surface area contributed by atoms with E-state index in [1.54, 1.807) is 6.07 Å². The summed E-state index contributed by atoms with van der Waals surface area (Å²) in [6.45, 7) is 4.33. The number of fused-ring (bicyclic) bond motifs is 1. The van der Waals surface area contributed by atoms with Gasteiger partial charge in [0.2, 0.25) is 5.91 Å². The summed E-state index contributed by atoms with van der Waals surface area (Å²) in [6.07, 6.45) is 0.751. The van der Waals surface area contributed by atoms with Crippen LogP contribution < -0.4 is 10.6 Å². The highest BCUT2D eigenvalue weighted by Gasteiger charge is 2.15. The van der Waals surface area contributed by atoms with Gasteiger partial charge in [0.25, 0.3) is 5.91 Å². The summed E-state index contributed by atoms with van der Waals surface area (Å²) in [4.78, 5) is 24.2. The summed E-state index contributed by atoms with van der Waals surface area (Å²) in [5.74, 6) is -0.0522. The number of carbonyl (C=O) groups excluding carboxylic acids is 2. The molecule has 0 heterocycles. The second kappa shape index (κ2) is 9.18. The van der Waals surface area contributed by atoms with E-state index >= 15 is 0 Å². The molecular weight excluding hydrogens is 316 g/mol. The van der Waals surface area contributed by atoms with Gasteiger partial charge in [-0.2, -0.15) is 0 Å². The lowest BCUT2D eigenvalue weighted by Crippen LogP contribution is -2.40. The van der Waals surface area contributed by atoms with Gasteiger partial charge in [-0.15, -0.1) is 0 Å². The number of amides is 2. The molecule has 0 aliphatic rings. The predicted molar refractivity (Wildman–Crippen MR) is 99.4 cm³/mol. The number of benzene rings is 2. The van der Waals surface area contributed by atoms with Crippen molar-refractivity contribution in [1.29, 1.82) is 0 Å². The zero-order valence-corrected chi connectivity index (χ0v) is 14.8. The Kier molecular flexibility index (Phi) is 6.95. The Hall–Kier alpha value is -2.40. The van der Waals surface area contributed by atoms with E-state index in [9.17, 15) is 9.59 Å². The fourth-order valence-corrected chi connectivity index (χ4v) is 2.71. The molecule has 0 bridgehead atoms. The van der Waals surface area contributed by atoms with E-state index in [1.807, 2.05) is 50.2 Å². The molecule has 2 rings (SSSR count). The van der Waals surface area contributed by atoms with Crippen LogP contribution in [0.5, 0.6) is 0 Å². The van der Waals surface area contributed by atoms with Crippen molar-refractivity contribution in [3.05, 3.63) is 48.0 Å². The van der Waals surface area contributed by atoms with E-state index in [1.165, 1.54) is 0 Å². The molecule has 3 N–H and O–H groups in total. The molecular formula is C20H26N2O3. The van der Waals surface area contributed by atoms with Crippen LogP contribution in [0.25, 0.3) is 10.8 Å². The van der Waals surface area contributed by atoms with Crippen molar-refractivity contribution < 1.29 is 14.7 Å². The van der Waals surface area contributed by atoms with Crippen LogP contribution in [-0.4, -0.2) is 36.1 Å². The molecule has 25 heavy (non-hydrogen) atoms. The largest absolute Gasteiger partial charge is 0.396 e. The van der Waals surface area contributed by atoms with Crippen molar-refractivity contribution in [3.8, 4) is 0 Å². The highest BCUT2D eigenvalue weighted by atomic mass is 16.3. The number of nitrogens with one attached hydrogen (secondary N) is 2. The minimum Gasteiger partial charge on any atom is -0.396 e. The van der Waals surface area contributed by atoms with Gasteiger partial charge >= 0.3 is 0 Å². The monoisotopic (exact) mass is 342 g/mol. The third-order valence-corrected chi connectivity index (χ3v) is 4.24. The Labute approximate surface area is 148 Å². The lowest BCUT2D eigenvalue weighted by atomic mass is 10.0. The van der Waals surface area contributed by atoms with Crippen LogP contribution in [0.4, 0.5) is 0 Å². The molecule has 5 nitrogen and oxygen atoms in total. The molecule has 5 heteroatoms. The Morgan fingerprint density at radius 1 is 1.08 bits per heavy atom. The van der Waals surface area contributed by atoms with Gasteiger partial charge in [0.15, 0.2) is 0 Å². The number of hydrogen-bond acceptors (Lipinski definition) is 3. The van der Waals surface area contributed by atoms with Gasteiger partial charge in [0, 0.05) is 31.2 Å². The molecule has 0 spiro atoms. The van der Waals surface area contributed by atoms with Crippen molar-refractivity contribution in [2.24, 2.45) is 5.92 Å². The van der Waals surface area contributed by atoms with Crippen LogP contribution in [0.1, 0.15) is 37.0 Å². The maximum absolute atomic E-state index is 12.2. The summed E-state index contributed by atoms with van der Waals surface area (Å²) in [7, 11) is 0. The quantitative estimate of drug-likeness (QED) is 0.690. The van der Waals surface area contributed by atoms with Gasteiger partial charge in [-0.3, -0.25) is 9.59 Å². The standard InChI is InChI=1S/C20H26N2O3/c1-14(2)18(10-12-23)22-19(24)9-11-21-20(25)17-8-7-15-5-3-4-6-16(15)13-17/h3-8,13-14,18,23H,9-12H2,1-2H3,(H,21,25)(H,22,24). The second-order valence-corrected chi connectivity index (χ2v) is 6.50. The Bertz CT molecular complexity index is 728. The topological polar surface area (TPSA) is 78.4 Å². The smallest absolute Gasteiger partial charge is 0.251 e. The van der Waals surface area contributed by atoms with Crippen molar-refractivity contribution in [2.75, 3.05) is 13.2 Å².